The highest BCUT2D eigenvalue weighted by molar-refractivity contribution is 6.14. The standard InChI is InChI=1S/C23H17NO3/c1-2-16-3-5-18(6-4-16)15-26-19-7-8-20-21(14-19)27-22(23(20)25)13-17-9-11-24-12-10-17/h2-14H,1,15H2. The van der Waals surface area contributed by atoms with Gasteiger partial charge in [0.05, 0.1) is 5.56 Å². The predicted molar refractivity (Wildman–Crippen MR) is 104 cm³/mol. The monoisotopic (exact) mass is 355 g/mol. The molecule has 2 heterocycles. The minimum absolute atomic E-state index is 0.131. The van der Waals surface area contributed by atoms with Crippen molar-refractivity contribution in [1.82, 2.24) is 4.98 Å². The fraction of sp³-hybridized carbons (Fsp3) is 0.0435. The Balaban J connectivity index is 1.48. The SMILES string of the molecule is C=Cc1ccc(COc2ccc3c(c2)OC(=Cc2ccncc2)C3=O)cc1. The van der Waals surface area contributed by atoms with E-state index in [4.69, 9.17) is 9.47 Å². The molecule has 0 aliphatic carbocycles. The normalized spacial score (nSPS) is 13.9. The summed E-state index contributed by atoms with van der Waals surface area (Å²) in [6.45, 7) is 4.18. The Kier molecular flexibility index (Phi) is 4.54. The number of carbonyl (C=O) groups is 1. The van der Waals surface area contributed by atoms with Crippen molar-refractivity contribution in [3.8, 4) is 11.5 Å². The largest absolute Gasteiger partial charge is 0.489 e. The smallest absolute Gasteiger partial charge is 0.231 e. The second kappa shape index (κ2) is 7.30. The fourth-order valence-corrected chi connectivity index (χ4v) is 2.78. The highest BCUT2D eigenvalue weighted by atomic mass is 16.5. The van der Waals surface area contributed by atoms with Crippen LogP contribution in [-0.2, 0) is 6.61 Å². The van der Waals surface area contributed by atoms with E-state index in [0.29, 0.717) is 29.4 Å². The van der Waals surface area contributed by atoms with Crippen LogP contribution in [0.2, 0.25) is 0 Å². The third-order valence-corrected chi connectivity index (χ3v) is 4.27. The van der Waals surface area contributed by atoms with Gasteiger partial charge in [0.25, 0.3) is 0 Å². The number of aromatic nitrogens is 1. The Morgan fingerprint density at radius 1 is 1.00 bits per heavy atom. The minimum atomic E-state index is -0.131. The van der Waals surface area contributed by atoms with Crippen LogP contribution >= 0.6 is 0 Å². The quantitative estimate of drug-likeness (QED) is 0.610. The Labute approximate surface area is 157 Å². The number of nitrogens with zero attached hydrogens (tertiary/aromatic N) is 1. The predicted octanol–water partition coefficient (Wildman–Crippen LogP) is 4.92. The van der Waals surface area contributed by atoms with E-state index in [1.165, 1.54) is 0 Å². The van der Waals surface area contributed by atoms with Crippen molar-refractivity contribution < 1.29 is 14.3 Å². The third-order valence-electron chi connectivity index (χ3n) is 4.27. The van der Waals surface area contributed by atoms with Crippen LogP contribution in [0.1, 0.15) is 27.0 Å². The van der Waals surface area contributed by atoms with Crippen molar-refractivity contribution in [1.29, 1.82) is 0 Å². The summed E-state index contributed by atoms with van der Waals surface area (Å²) in [5.41, 5.74) is 3.52. The van der Waals surface area contributed by atoms with Crippen molar-refractivity contribution >= 4 is 17.9 Å². The molecule has 4 rings (SSSR count). The molecule has 0 spiro atoms. The zero-order valence-electron chi connectivity index (χ0n) is 14.6. The number of pyridine rings is 1. The number of Topliss-reactive ketones (excluding diaryl/α,β-unsaturated/α-hetero) is 1. The van der Waals surface area contributed by atoms with Gasteiger partial charge in [0.15, 0.2) is 5.76 Å². The van der Waals surface area contributed by atoms with E-state index in [9.17, 15) is 4.79 Å². The van der Waals surface area contributed by atoms with Crippen LogP contribution in [0.5, 0.6) is 11.5 Å². The van der Waals surface area contributed by atoms with Gasteiger partial charge in [-0.3, -0.25) is 9.78 Å². The Hall–Kier alpha value is -3.66. The topological polar surface area (TPSA) is 48.4 Å². The molecule has 0 atom stereocenters. The molecule has 1 aliphatic heterocycles. The summed E-state index contributed by atoms with van der Waals surface area (Å²) < 4.78 is 11.6. The first-order valence-corrected chi connectivity index (χ1v) is 8.55. The van der Waals surface area contributed by atoms with E-state index >= 15 is 0 Å². The zero-order valence-corrected chi connectivity index (χ0v) is 14.6. The number of hydrogen-bond acceptors (Lipinski definition) is 4. The van der Waals surface area contributed by atoms with Gasteiger partial charge in [-0.05, 0) is 47.0 Å². The maximum absolute atomic E-state index is 12.5. The molecule has 2 aromatic carbocycles. The van der Waals surface area contributed by atoms with E-state index in [1.807, 2.05) is 36.4 Å². The number of ketones is 1. The first-order chi connectivity index (χ1) is 13.2. The molecular formula is C23H17NO3. The number of hydrogen-bond donors (Lipinski definition) is 0. The zero-order chi connectivity index (χ0) is 18.6. The summed E-state index contributed by atoms with van der Waals surface area (Å²) in [7, 11) is 0. The van der Waals surface area contributed by atoms with Crippen LogP contribution in [-0.4, -0.2) is 10.8 Å². The van der Waals surface area contributed by atoms with Crippen molar-refractivity contribution in [2.75, 3.05) is 0 Å². The molecule has 0 bridgehead atoms. The van der Waals surface area contributed by atoms with Gasteiger partial charge in [0.2, 0.25) is 5.78 Å². The lowest BCUT2D eigenvalue weighted by Crippen LogP contribution is -1.98. The third kappa shape index (κ3) is 3.65. The number of carbonyl (C=O) groups excluding carboxylic acids is 1. The number of rotatable bonds is 5. The highest BCUT2D eigenvalue weighted by Gasteiger charge is 2.27. The summed E-state index contributed by atoms with van der Waals surface area (Å²) in [6.07, 6.45) is 6.86. The van der Waals surface area contributed by atoms with Crippen molar-refractivity contribution in [2.45, 2.75) is 6.61 Å². The minimum Gasteiger partial charge on any atom is -0.489 e. The van der Waals surface area contributed by atoms with Crippen molar-refractivity contribution in [2.24, 2.45) is 0 Å². The molecule has 0 N–H and O–H groups in total. The highest BCUT2D eigenvalue weighted by Crippen LogP contribution is 2.35. The molecule has 27 heavy (non-hydrogen) atoms. The van der Waals surface area contributed by atoms with Gasteiger partial charge in [-0.15, -0.1) is 0 Å². The molecule has 3 aromatic rings. The molecule has 4 nitrogen and oxygen atoms in total. The van der Waals surface area contributed by atoms with Gasteiger partial charge in [-0.2, -0.15) is 0 Å². The summed E-state index contributed by atoms with van der Waals surface area (Å²) >= 11 is 0. The molecule has 0 saturated carbocycles. The second-order valence-electron chi connectivity index (χ2n) is 6.11. The maximum atomic E-state index is 12.5. The summed E-state index contributed by atoms with van der Waals surface area (Å²) in [6, 6.07) is 16.9. The van der Waals surface area contributed by atoms with Gasteiger partial charge in [-0.1, -0.05) is 36.9 Å². The van der Waals surface area contributed by atoms with E-state index in [1.54, 1.807) is 42.7 Å². The molecule has 0 saturated heterocycles. The van der Waals surface area contributed by atoms with E-state index in [2.05, 4.69) is 11.6 Å². The van der Waals surface area contributed by atoms with Crippen LogP contribution in [0.15, 0.2) is 79.3 Å². The van der Waals surface area contributed by atoms with Crippen LogP contribution in [0.3, 0.4) is 0 Å². The average Bonchev–Trinajstić information content (AvgIpc) is 3.02. The summed E-state index contributed by atoms with van der Waals surface area (Å²) in [5, 5.41) is 0. The Bertz CT molecular complexity index is 1020. The Morgan fingerprint density at radius 3 is 2.52 bits per heavy atom. The molecule has 132 valence electrons. The number of benzene rings is 2. The van der Waals surface area contributed by atoms with Gasteiger partial charge in [-0.25, -0.2) is 0 Å². The van der Waals surface area contributed by atoms with Gasteiger partial charge >= 0.3 is 0 Å². The summed E-state index contributed by atoms with van der Waals surface area (Å²) in [5.74, 6) is 1.33. The number of allylic oxidation sites excluding steroid dienone is 1. The Morgan fingerprint density at radius 2 is 1.78 bits per heavy atom. The summed E-state index contributed by atoms with van der Waals surface area (Å²) in [4.78, 5) is 16.5. The van der Waals surface area contributed by atoms with Crippen LogP contribution in [0.25, 0.3) is 12.2 Å². The first-order valence-electron chi connectivity index (χ1n) is 8.55. The molecule has 1 aromatic heterocycles. The average molecular weight is 355 g/mol. The molecule has 0 radical (unpaired) electrons. The fourth-order valence-electron chi connectivity index (χ4n) is 2.78. The molecule has 0 amide bonds. The molecule has 1 aliphatic rings. The second-order valence-corrected chi connectivity index (χ2v) is 6.11. The first kappa shape index (κ1) is 16.8. The lowest BCUT2D eigenvalue weighted by Gasteiger charge is -2.07. The van der Waals surface area contributed by atoms with Gasteiger partial charge in [0.1, 0.15) is 18.1 Å². The lowest BCUT2D eigenvalue weighted by molar-refractivity contribution is 0.101. The van der Waals surface area contributed by atoms with E-state index in [0.717, 1.165) is 16.7 Å². The molecule has 0 unspecified atom stereocenters. The van der Waals surface area contributed by atoms with Crippen LogP contribution in [0, 0.1) is 0 Å². The molecular weight excluding hydrogens is 338 g/mol. The van der Waals surface area contributed by atoms with Gasteiger partial charge < -0.3 is 9.47 Å². The van der Waals surface area contributed by atoms with Crippen molar-refractivity contribution in [3.63, 3.8) is 0 Å². The van der Waals surface area contributed by atoms with E-state index < -0.39 is 0 Å². The molecule has 0 fully saturated rings. The van der Waals surface area contributed by atoms with Crippen LogP contribution in [0.4, 0.5) is 0 Å². The maximum Gasteiger partial charge on any atom is 0.231 e. The number of fused-ring (bicyclic) bond motifs is 1. The lowest BCUT2D eigenvalue weighted by atomic mass is 10.1. The van der Waals surface area contributed by atoms with Crippen LogP contribution < -0.4 is 9.47 Å². The molecule has 4 heteroatoms. The number of ether oxygens (including phenoxy) is 2. The van der Waals surface area contributed by atoms with Crippen molar-refractivity contribution in [3.05, 3.63) is 102 Å². The van der Waals surface area contributed by atoms with E-state index in [-0.39, 0.29) is 5.78 Å². The van der Waals surface area contributed by atoms with Gasteiger partial charge in [0, 0.05) is 18.5 Å².